The number of hydrogen-bond donors (Lipinski definition) is 1. The van der Waals surface area contributed by atoms with Crippen LogP contribution in [0.2, 0.25) is 0 Å². The Morgan fingerprint density at radius 2 is 1.83 bits per heavy atom. The molecule has 0 aliphatic heterocycles. The highest BCUT2D eigenvalue weighted by Crippen LogP contribution is 2.32. The van der Waals surface area contributed by atoms with Gasteiger partial charge in [-0.25, -0.2) is 0 Å². The fraction of sp³-hybridized carbons (Fsp3) is 0.448. The van der Waals surface area contributed by atoms with Crippen molar-refractivity contribution in [2.45, 2.75) is 45.6 Å². The third-order valence-corrected chi connectivity index (χ3v) is 6.76. The van der Waals surface area contributed by atoms with Crippen LogP contribution in [0.15, 0.2) is 42.0 Å². The number of hydrogen-bond acceptors (Lipinski definition) is 6. The number of rotatable bonds is 11. The van der Waals surface area contributed by atoms with Crippen LogP contribution in [-0.2, 0) is 11.3 Å². The lowest BCUT2D eigenvalue weighted by atomic mass is 9.81. The molecule has 1 saturated carbocycles. The molecule has 36 heavy (non-hydrogen) atoms. The molecule has 1 amide bonds. The van der Waals surface area contributed by atoms with Crippen molar-refractivity contribution in [3.63, 3.8) is 0 Å². The molecule has 1 aliphatic carbocycles. The van der Waals surface area contributed by atoms with Gasteiger partial charge < -0.3 is 24.3 Å². The molecule has 1 aliphatic rings. The van der Waals surface area contributed by atoms with Gasteiger partial charge in [0.15, 0.2) is 11.5 Å². The van der Waals surface area contributed by atoms with E-state index in [0.29, 0.717) is 41.1 Å². The first kappa shape index (κ1) is 26.9. The molecular weight excluding hydrogens is 456 g/mol. The molecule has 1 atom stereocenters. The number of carbonyl (C=O) groups excluding carboxylic acids is 1. The molecule has 0 heterocycles. The maximum absolute atomic E-state index is 12.8. The fourth-order valence-electron chi connectivity index (χ4n) is 4.64. The minimum Gasteiger partial charge on any atom is -0.496 e. The van der Waals surface area contributed by atoms with Gasteiger partial charge in [0.25, 0.3) is 5.91 Å². The fourth-order valence-corrected chi connectivity index (χ4v) is 4.64. The van der Waals surface area contributed by atoms with Crippen LogP contribution in [0, 0.1) is 23.2 Å². The maximum Gasteiger partial charge on any atom is 0.262 e. The average molecular weight is 493 g/mol. The van der Waals surface area contributed by atoms with Crippen molar-refractivity contribution >= 4 is 12.0 Å². The van der Waals surface area contributed by atoms with Gasteiger partial charge in [-0.15, -0.1) is 0 Å². The Morgan fingerprint density at radius 3 is 2.50 bits per heavy atom. The number of methoxy groups -OCH3 is 3. The first-order valence-corrected chi connectivity index (χ1v) is 12.4. The number of carbonyl (C=O) groups is 1. The average Bonchev–Trinajstić information content (AvgIpc) is 2.93. The number of benzene rings is 2. The van der Waals surface area contributed by atoms with Crippen LogP contribution >= 0.6 is 0 Å². The molecular formula is C29H36N2O5. The van der Waals surface area contributed by atoms with E-state index < -0.39 is 5.91 Å². The molecule has 2 aromatic rings. The minimum absolute atomic E-state index is 0.0326. The summed E-state index contributed by atoms with van der Waals surface area (Å²) in [6.45, 7) is 3.09. The van der Waals surface area contributed by atoms with Gasteiger partial charge in [0.2, 0.25) is 0 Å². The van der Waals surface area contributed by atoms with Gasteiger partial charge in [-0.2, -0.15) is 5.26 Å². The SMILES string of the molecule is COc1cc(OCC(C)C2CCCCC2)ccc1/C=C(\C#N)C(=O)NCc1cccc(OC)c1OC. The number of para-hydroxylation sites is 1. The Kier molecular flexibility index (Phi) is 10.1. The van der Waals surface area contributed by atoms with Crippen LogP contribution in [0.5, 0.6) is 23.0 Å². The zero-order valence-corrected chi connectivity index (χ0v) is 21.6. The van der Waals surface area contributed by atoms with E-state index in [9.17, 15) is 10.1 Å². The summed E-state index contributed by atoms with van der Waals surface area (Å²) in [5.74, 6) is 3.07. The second-order valence-electron chi connectivity index (χ2n) is 9.10. The monoisotopic (exact) mass is 492 g/mol. The van der Waals surface area contributed by atoms with Crippen molar-refractivity contribution < 1.29 is 23.7 Å². The zero-order valence-electron chi connectivity index (χ0n) is 21.6. The molecule has 2 aromatic carbocycles. The van der Waals surface area contributed by atoms with Gasteiger partial charge in [0.1, 0.15) is 23.1 Å². The van der Waals surface area contributed by atoms with Crippen molar-refractivity contribution in [3.8, 4) is 29.1 Å². The number of amides is 1. The molecule has 3 rings (SSSR count). The van der Waals surface area contributed by atoms with E-state index in [-0.39, 0.29) is 12.1 Å². The van der Waals surface area contributed by atoms with Crippen LogP contribution < -0.4 is 24.3 Å². The predicted molar refractivity (Wildman–Crippen MR) is 139 cm³/mol. The zero-order chi connectivity index (χ0) is 25.9. The van der Waals surface area contributed by atoms with Crippen LogP contribution in [0.25, 0.3) is 6.08 Å². The van der Waals surface area contributed by atoms with Gasteiger partial charge in [0.05, 0.1) is 27.9 Å². The maximum atomic E-state index is 12.8. The van der Waals surface area contributed by atoms with E-state index >= 15 is 0 Å². The molecule has 0 aromatic heterocycles. The van der Waals surface area contributed by atoms with E-state index in [4.69, 9.17) is 18.9 Å². The third kappa shape index (κ3) is 6.94. The van der Waals surface area contributed by atoms with E-state index in [0.717, 1.165) is 11.5 Å². The van der Waals surface area contributed by atoms with E-state index in [1.165, 1.54) is 38.2 Å². The van der Waals surface area contributed by atoms with E-state index in [2.05, 4.69) is 12.2 Å². The first-order chi connectivity index (χ1) is 17.5. The van der Waals surface area contributed by atoms with Crippen molar-refractivity contribution in [1.82, 2.24) is 5.32 Å². The van der Waals surface area contributed by atoms with Crippen molar-refractivity contribution in [2.24, 2.45) is 11.8 Å². The third-order valence-electron chi connectivity index (χ3n) is 6.76. The molecule has 192 valence electrons. The molecule has 7 heteroatoms. The standard InChI is InChI=1S/C29H36N2O5/c1-20(21-9-6-5-7-10-21)19-36-25-14-13-22(27(16-25)34-3)15-24(17-30)29(32)31-18-23-11-8-12-26(33-2)28(23)35-4/h8,11-16,20-21H,5-7,9-10,18-19H2,1-4H3,(H,31,32)/b24-15+. The molecule has 0 saturated heterocycles. The van der Waals surface area contributed by atoms with Crippen molar-refractivity contribution in [2.75, 3.05) is 27.9 Å². The number of nitrogens with zero attached hydrogens (tertiary/aromatic N) is 1. The summed E-state index contributed by atoms with van der Waals surface area (Å²) in [5.41, 5.74) is 1.33. The highest BCUT2D eigenvalue weighted by Gasteiger charge is 2.21. The van der Waals surface area contributed by atoms with Crippen molar-refractivity contribution in [3.05, 3.63) is 53.1 Å². The molecule has 0 spiro atoms. The lowest BCUT2D eigenvalue weighted by molar-refractivity contribution is -0.117. The summed E-state index contributed by atoms with van der Waals surface area (Å²) in [7, 11) is 4.65. The summed E-state index contributed by atoms with van der Waals surface area (Å²) >= 11 is 0. The van der Waals surface area contributed by atoms with Gasteiger partial charge in [-0.3, -0.25) is 4.79 Å². The normalized spacial score (nSPS) is 14.9. The second kappa shape index (κ2) is 13.4. The van der Waals surface area contributed by atoms with Crippen molar-refractivity contribution in [1.29, 1.82) is 5.26 Å². The summed E-state index contributed by atoms with van der Waals surface area (Å²) in [6.07, 6.45) is 8.04. The number of ether oxygens (including phenoxy) is 4. The Balaban J connectivity index is 1.67. The highest BCUT2D eigenvalue weighted by molar-refractivity contribution is 6.02. The van der Waals surface area contributed by atoms with Crippen LogP contribution in [0.4, 0.5) is 0 Å². The molecule has 1 N–H and O–H groups in total. The van der Waals surface area contributed by atoms with Crippen LogP contribution in [-0.4, -0.2) is 33.8 Å². The Hall–Kier alpha value is -3.66. The summed E-state index contributed by atoms with van der Waals surface area (Å²) in [5, 5.41) is 12.4. The Labute approximate surface area is 214 Å². The Bertz CT molecular complexity index is 1100. The smallest absolute Gasteiger partial charge is 0.262 e. The predicted octanol–water partition coefficient (Wildman–Crippen LogP) is 5.53. The molecule has 0 bridgehead atoms. The molecule has 1 unspecified atom stereocenters. The first-order valence-electron chi connectivity index (χ1n) is 12.4. The molecule has 0 radical (unpaired) electrons. The van der Waals surface area contributed by atoms with Gasteiger partial charge >= 0.3 is 0 Å². The molecule has 1 fully saturated rings. The second-order valence-corrected chi connectivity index (χ2v) is 9.10. The lowest BCUT2D eigenvalue weighted by Gasteiger charge is -2.27. The quantitative estimate of drug-likeness (QED) is 0.328. The van der Waals surface area contributed by atoms with Crippen LogP contribution in [0.1, 0.15) is 50.2 Å². The van der Waals surface area contributed by atoms with E-state index in [1.54, 1.807) is 39.5 Å². The summed E-state index contributed by atoms with van der Waals surface area (Å²) in [6, 6.07) is 12.8. The van der Waals surface area contributed by atoms with Crippen LogP contribution in [0.3, 0.4) is 0 Å². The topological polar surface area (TPSA) is 89.8 Å². The number of nitriles is 1. The largest absolute Gasteiger partial charge is 0.496 e. The summed E-state index contributed by atoms with van der Waals surface area (Å²) in [4.78, 5) is 12.8. The molecule has 7 nitrogen and oxygen atoms in total. The van der Waals surface area contributed by atoms with Gasteiger partial charge in [-0.1, -0.05) is 51.2 Å². The lowest BCUT2D eigenvalue weighted by Crippen LogP contribution is -2.24. The van der Waals surface area contributed by atoms with E-state index in [1.807, 2.05) is 24.3 Å². The Morgan fingerprint density at radius 1 is 1.08 bits per heavy atom. The van der Waals surface area contributed by atoms with Gasteiger partial charge in [0, 0.05) is 23.7 Å². The minimum atomic E-state index is -0.494. The van der Waals surface area contributed by atoms with Gasteiger partial charge in [-0.05, 0) is 36.1 Å². The number of nitrogens with one attached hydrogen (secondary N) is 1. The summed E-state index contributed by atoms with van der Waals surface area (Å²) < 4.78 is 22.3. The highest BCUT2D eigenvalue weighted by atomic mass is 16.5.